The topological polar surface area (TPSA) is 30.5 Å². The van der Waals surface area contributed by atoms with Gasteiger partial charge in [0.25, 0.3) is 0 Å². The number of alkyl halides is 3. The van der Waals surface area contributed by atoms with Gasteiger partial charge >= 0.3 is 6.18 Å². The summed E-state index contributed by atoms with van der Waals surface area (Å²) in [6, 6.07) is 5.19. The van der Waals surface area contributed by atoms with E-state index in [4.69, 9.17) is 4.74 Å². The fraction of sp³-hybridized carbons (Fsp3) is 0.400. The van der Waals surface area contributed by atoms with Gasteiger partial charge in [0.2, 0.25) is 0 Å². The zero-order valence-corrected chi connectivity index (χ0v) is 10.6. The summed E-state index contributed by atoms with van der Waals surface area (Å²) < 4.78 is 41.1. The molecule has 0 saturated heterocycles. The van der Waals surface area contributed by atoms with Crippen LogP contribution in [-0.2, 0) is 11.4 Å². The maximum absolute atomic E-state index is 11.8. The molecule has 1 aromatic carbocycles. The zero-order valence-electron chi connectivity index (χ0n) is 8.97. The highest BCUT2D eigenvalue weighted by molar-refractivity contribution is 9.10. The molecule has 7 heteroatoms. The van der Waals surface area contributed by atoms with Crippen LogP contribution in [0.25, 0.3) is 0 Å². The predicted molar refractivity (Wildman–Crippen MR) is 59.5 cm³/mol. The van der Waals surface area contributed by atoms with Crippen LogP contribution in [0.1, 0.15) is 5.56 Å². The second-order valence-electron chi connectivity index (χ2n) is 3.18. The number of ether oxygens (including phenoxy) is 1. The molecule has 0 aliphatic carbocycles. The number of methoxy groups -OCH3 is 1. The van der Waals surface area contributed by atoms with Crippen LogP contribution >= 0.6 is 15.9 Å². The zero-order chi connectivity index (χ0) is 12.9. The van der Waals surface area contributed by atoms with E-state index in [1.165, 1.54) is 7.11 Å². The molecule has 0 unspecified atom stereocenters. The van der Waals surface area contributed by atoms with Crippen molar-refractivity contribution in [3.8, 4) is 5.75 Å². The van der Waals surface area contributed by atoms with Gasteiger partial charge in [0.15, 0.2) is 6.61 Å². The highest BCUT2D eigenvalue weighted by Crippen LogP contribution is 2.22. The van der Waals surface area contributed by atoms with Crippen LogP contribution in [0, 0.1) is 0 Å². The van der Waals surface area contributed by atoms with Crippen molar-refractivity contribution in [2.24, 2.45) is 0 Å². The average Bonchev–Trinajstić information content (AvgIpc) is 2.25. The maximum atomic E-state index is 11.8. The van der Waals surface area contributed by atoms with E-state index in [9.17, 15) is 13.2 Å². The predicted octanol–water partition coefficient (Wildman–Crippen LogP) is 3.04. The summed E-state index contributed by atoms with van der Waals surface area (Å²) >= 11 is 3.28. The fourth-order valence-corrected chi connectivity index (χ4v) is 1.46. The molecule has 1 N–H and O–H groups in total. The summed E-state index contributed by atoms with van der Waals surface area (Å²) in [6.07, 6.45) is -4.33. The standard InChI is InChI=1S/C10H11BrF3NO2/c1-16-8-2-3-9(11)7(4-8)5-15-17-6-10(12,13)14/h2-4,15H,5-6H2,1H3. The molecule has 0 bridgehead atoms. The van der Waals surface area contributed by atoms with Gasteiger partial charge in [0.1, 0.15) is 5.75 Å². The Bertz CT molecular complexity index is 371. The van der Waals surface area contributed by atoms with E-state index in [-0.39, 0.29) is 6.54 Å². The molecule has 3 nitrogen and oxygen atoms in total. The average molecular weight is 314 g/mol. The van der Waals surface area contributed by atoms with E-state index in [1.54, 1.807) is 18.2 Å². The third-order valence-corrected chi connectivity index (χ3v) is 2.63. The largest absolute Gasteiger partial charge is 0.497 e. The highest BCUT2D eigenvalue weighted by Gasteiger charge is 2.27. The van der Waals surface area contributed by atoms with Gasteiger partial charge in [0.05, 0.1) is 7.11 Å². The molecule has 0 radical (unpaired) electrons. The molecule has 0 saturated carbocycles. The Morgan fingerprint density at radius 3 is 2.65 bits per heavy atom. The Balaban J connectivity index is 2.46. The minimum Gasteiger partial charge on any atom is -0.497 e. The van der Waals surface area contributed by atoms with Gasteiger partial charge in [0, 0.05) is 11.0 Å². The quantitative estimate of drug-likeness (QED) is 0.669. The minimum absolute atomic E-state index is 0.147. The van der Waals surface area contributed by atoms with Gasteiger partial charge in [-0.1, -0.05) is 15.9 Å². The van der Waals surface area contributed by atoms with Gasteiger partial charge < -0.3 is 4.74 Å². The van der Waals surface area contributed by atoms with E-state index < -0.39 is 12.8 Å². The lowest BCUT2D eigenvalue weighted by molar-refractivity contribution is -0.190. The maximum Gasteiger partial charge on any atom is 0.413 e. The SMILES string of the molecule is COc1ccc(Br)c(CNOCC(F)(F)F)c1. The van der Waals surface area contributed by atoms with Crippen LogP contribution in [0.3, 0.4) is 0 Å². The van der Waals surface area contributed by atoms with Gasteiger partial charge in [-0.2, -0.15) is 18.7 Å². The van der Waals surface area contributed by atoms with Crippen LogP contribution in [0.5, 0.6) is 5.75 Å². The first-order chi connectivity index (χ1) is 7.92. The highest BCUT2D eigenvalue weighted by atomic mass is 79.9. The van der Waals surface area contributed by atoms with Crippen LogP contribution in [-0.4, -0.2) is 19.9 Å². The molecular formula is C10H11BrF3NO2. The fourth-order valence-electron chi connectivity index (χ4n) is 1.08. The Morgan fingerprint density at radius 1 is 1.35 bits per heavy atom. The minimum atomic E-state index is -4.33. The normalized spacial score (nSPS) is 11.6. The van der Waals surface area contributed by atoms with Crippen molar-refractivity contribution in [3.05, 3.63) is 28.2 Å². The van der Waals surface area contributed by atoms with E-state index in [2.05, 4.69) is 26.2 Å². The van der Waals surface area contributed by atoms with E-state index >= 15 is 0 Å². The molecule has 0 aromatic heterocycles. The monoisotopic (exact) mass is 313 g/mol. The first-order valence-electron chi connectivity index (χ1n) is 4.66. The summed E-state index contributed by atoms with van der Waals surface area (Å²) in [4.78, 5) is 4.29. The first kappa shape index (κ1) is 14.3. The first-order valence-corrected chi connectivity index (χ1v) is 5.45. The molecule has 96 valence electrons. The molecule has 0 atom stereocenters. The number of hydrogen-bond acceptors (Lipinski definition) is 3. The van der Waals surface area contributed by atoms with Crippen LogP contribution in [0.15, 0.2) is 22.7 Å². The Kier molecular flexibility index (Phi) is 5.23. The van der Waals surface area contributed by atoms with Crippen molar-refractivity contribution in [2.45, 2.75) is 12.7 Å². The molecule has 1 rings (SSSR count). The molecule has 0 aliphatic heterocycles. The summed E-state index contributed by atoms with van der Waals surface area (Å²) in [5.74, 6) is 0.626. The van der Waals surface area contributed by atoms with Crippen LogP contribution in [0.2, 0.25) is 0 Å². The third-order valence-electron chi connectivity index (χ3n) is 1.85. The van der Waals surface area contributed by atoms with Gasteiger partial charge in [-0.15, -0.1) is 0 Å². The van der Waals surface area contributed by atoms with E-state index in [0.29, 0.717) is 5.75 Å². The number of rotatable bonds is 5. The number of benzene rings is 1. The van der Waals surface area contributed by atoms with Crippen molar-refractivity contribution in [1.82, 2.24) is 5.48 Å². The Hall–Kier alpha value is -0.790. The van der Waals surface area contributed by atoms with Crippen molar-refractivity contribution in [3.63, 3.8) is 0 Å². The molecule has 0 aliphatic rings. The Labute approximate surface area is 105 Å². The molecule has 0 fully saturated rings. The van der Waals surface area contributed by atoms with Crippen molar-refractivity contribution in [1.29, 1.82) is 0 Å². The summed E-state index contributed by atoms with van der Waals surface area (Å²) in [5.41, 5.74) is 2.99. The smallest absolute Gasteiger partial charge is 0.413 e. The lowest BCUT2D eigenvalue weighted by Gasteiger charge is -2.10. The van der Waals surface area contributed by atoms with Crippen molar-refractivity contribution < 1.29 is 22.7 Å². The van der Waals surface area contributed by atoms with Gasteiger partial charge in [-0.05, 0) is 23.8 Å². The molecule has 0 amide bonds. The summed E-state index contributed by atoms with van der Waals surface area (Å²) in [7, 11) is 1.51. The molecule has 1 aromatic rings. The van der Waals surface area contributed by atoms with Crippen molar-refractivity contribution >= 4 is 15.9 Å². The third kappa shape index (κ3) is 5.38. The second kappa shape index (κ2) is 6.23. The number of hydroxylamine groups is 1. The number of halogens is 4. The van der Waals surface area contributed by atoms with Crippen LogP contribution in [0.4, 0.5) is 13.2 Å². The molecule has 0 spiro atoms. The van der Waals surface area contributed by atoms with Crippen LogP contribution < -0.4 is 10.2 Å². The van der Waals surface area contributed by atoms with E-state index in [0.717, 1.165) is 10.0 Å². The number of nitrogens with one attached hydrogen (secondary N) is 1. The second-order valence-corrected chi connectivity index (χ2v) is 4.04. The van der Waals surface area contributed by atoms with Gasteiger partial charge in [-0.25, -0.2) is 0 Å². The van der Waals surface area contributed by atoms with Crippen molar-refractivity contribution in [2.75, 3.05) is 13.7 Å². The molecular weight excluding hydrogens is 303 g/mol. The van der Waals surface area contributed by atoms with Gasteiger partial charge in [-0.3, -0.25) is 4.84 Å². The lowest BCUT2D eigenvalue weighted by Crippen LogP contribution is -2.24. The molecule has 17 heavy (non-hydrogen) atoms. The Morgan fingerprint density at radius 2 is 2.06 bits per heavy atom. The van der Waals surface area contributed by atoms with E-state index in [1.807, 2.05) is 0 Å². The number of hydrogen-bond donors (Lipinski definition) is 1. The summed E-state index contributed by atoms with van der Waals surface area (Å²) in [5, 5.41) is 0. The lowest BCUT2D eigenvalue weighted by atomic mass is 10.2. The molecule has 0 heterocycles. The summed E-state index contributed by atoms with van der Waals surface area (Å²) in [6.45, 7) is -1.18.